The van der Waals surface area contributed by atoms with E-state index in [4.69, 9.17) is 0 Å². The summed E-state index contributed by atoms with van der Waals surface area (Å²) in [6.45, 7) is 3.63. The van der Waals surface area contributed by atoms with Crippen LogP contribution in [0.25, 0.3) is 11.0 Å². The molecule has 0 spiro atoms. The number of aromatic nitrogens is 2. The fourth-order valence-corrected chi connectivity index (χ4v) is 3.80. The minimum absolute atomic E-state index is 0.0197. The predicted molar refractivity (Wildman–Crippen MR) is 89.4 cm³/mol. The second-order valence-corrected chi connectivity index (χ2v) is 7.91. The van der Waals surface area contributed by atoms with Gasteiger partial charge < -0.3 is 5.11 Å². The SMILES string of the molecule is CC(C)C[C@H](NS(=O)(=O)c1ccc2c(c1)n(C)c(=O)n2C)C(=O)O. The van der Waals surface area contributed by atoms with Crippen LogP contribution in [0.15, 0.2) is 27.9 Å². The number of hydrogen-bond donors (Lipinski definition) is 2. The van der Waals surface area contributed by atoms with E-state index in [1.807, 2.05) is 13.8 Å². The fraction of sp³-hybridized carbons (Fsp3) is 0.467. The van der Waals surface area contributed by atoms with Gasteiger partial charge in [-0.15, -0.1) is 0 Å². The summed E-state index contributed by atoms with van der Waals surface area (Å²) in [5.41, 5.74) is 0.787. The Morgan fingerprint density at radius 1 is 1.21 bits per heavy atom. The highest BCUT2D eigenvalue weighted by Gasteiger charge is 2.26. The lowest BCUT2D eigenvalue weighted by molar-refractivity contribution is -0.139. The van der Waals surface area contributed by atoms with E-state index in [0.717, 1.165) is 0 Å². The Morgan fingerprint density at radius 2 is 1.79 bits per heavy atom. The summed E-state index contributed by atoms with van der Waals surface area (Å²) in [6, 6.07) is 3.06. The zero-order valence-electron chi connectivity index (χ0n) is 14.0. The summed E-state index contributed by atoms with van der Waals surface area (Å²) in [5.74, 6) is -1.20. The number of fused-ring (bicyclic) bond motifs is 1. The van der Waals surface area contributed by atoms with Crippen LogP contribution >= 0.6 is 0 Å². The molecule has 2 N–H and O–H groups in total. The quantitative estimate of drug-likeness (QED) is 0.791. The number of carbonyl (C=O) groups is 1. The number of aryl methyl sites for hydroxylation is 2. The summed E-state index contributed by atoms with van der Waals surface area (Å²) in [4.78, 5) is 23.1. The summed E-state index contributed by atoms with van der Waals surface area (Å²) in [6.07, 6.45) is 0.181. The standard InChI is InChI=1S/C15H21N3O5S/c1-9(2)7-11(14(19)20)16-24(22,23)10-5-6-12-13(8-10)18(4)15(21)17(12)3/h5-6,8-9,11,16H,7H2,1-4H3,(H,19,20)/t11-/m0/s1. The van der Waals surface area contributed by atoms with Crippen LogP contribution in [0.1, 0.15) is 20.3 Å². The molecule has 0 amide bonds. The molecular weight excluding hydrogens is 334 g/mol. The average Bonchev–Trinajstić information content (AvgIpc) is 2.70. The Balaban J connectivity index is 2.45. The van der Waals surface area contributed by atoms with Gasteiger partial charge in [-0.2, -0.15) is 4.72 Å². The molecule has 2 aromatic rings. The number of nitrogens with one attached hydrogen (secondary N) is 1. The van der Waals surface area contributed by atoms with E-state index in [1.54, 1.807) is 14.1 Å². The van der Waals surface area contributed by atoms with Crippen molar-refractivity contribution in [2.24, 2.45) is 20.0 Å². The van der Waals surface area contributed by atoms with Gasteiger partial charge in [-0.3, -0.25) is 13.9 Å². The maximum absolute atomic E-state index is 12.5. The van der Waals surface area contributed by atoms with Crippen molar-refractivity contribution in [3.63, 3.8) is 0 Å². The molecule has 0 aliphatic heterocycles. The van der Waals surface area contributed by atoms with Crippen molar-refractivity contribution >= 4 is 27.0 Å². The van der Waals surface area contributed by atoms with Gasteiger partial charge in [0.2, 0.25) is 10.0 Å². The van der Waals surface area contributed by atoms with Crippen molar-refractivity contribution in [2.45, 2.75) is 31.2 Å². The van der Waals surface area contributed by atoms with E-state index in [0.29, 0.717) is 11.0 Å². The number of carboxylic acid groups (broad SMARTS) is 1. The van der Waals surface area contributed by atoms with Crippen LogP contribution in [0.3, 0.4) is 0 Å². The van der Waals surface area contributed by atoms with Crippen LogP contribution in [-0.4, -0.2) is 34.7 Å². The zero-order chi connectivity index (χ0) is 18.2. The van der Waals surface area contributed by atoms with Gasteiger partial charge in [-0.05, 0) is 30.5 Å². The largest absolute Gasteiger partial charge is 0.480 e. The van der Waals surface area contributed by atoms with Crippen LogP contribution in [0, 0.1) is 5.92 Å². The predicted octanol–water partition coefficient (Wildman–Crippen LogP) is 0.655. The lowest BCUT2D eigenvalue weighted by Crippen LogP contribution is -2.41. The number of hydrogen-bond acceptors (Lipinski definition) is 4. The lowest BCUT2D eigenvalue weighted by Gasteiger charge is -2.16. The number of benzene rings is 1. The van der Waals surface area contributed by atoms with Crippen LogP contribution in [-0.2, 0) is 28.9 Å². The summed E-state index contributed by atoms with van der Waals surface area (Å²) in [7, 11) is -0.871. The van der Waals surface area contributed by atoms with Crippen molar-refractivity contribution < 1.29 is 18.3 Å². The second-order valence-electron chi connectivity index (χ2n) is 6.19. The fourth-order valence-electron chi connectivity index (χ4n) is 2.58. The number of nitrogens with zero attached hydrogens (tertiary/aromatic N) is 2. The molecule has 0 unspecified atom stereocenters. The molecule has 24 heavy (non-hydrogen) atoms. The molecule has 8 nitrogen and oxygen atoms in total. The number of imidazole rings is 1. The van der Waals surface area contributed by atoms with E-state index in [1.165, 1.54) is 27.3 Å². The summed E-state index contributed by atoms with van der Waals surface area (Å²) < 4.78 is 30.0. The molecule has 1 atom stereocenters. The molecule has 1 aromatic carbocycles. The van der Waals surface area contributed by atoms with E-state index >= 15 is 0 Å². The molecule has 1 aromatic heterocycles. The third-order valence-electron chi connectivity index (χ3n) is 3.86. The first-order chi connectivity index (χ1) is 11.0. The maximum atomic E-state index is 12.5. The first kappa shape index (κ1) is 18.2. The van der Waals surface area contributed by atoms with Gasteiger partial charge in [0.1, 0.15) is 6.04 Å². The molecule has 132 valence electrons. The molecule has 0 aliphatic carbocycles. The van der Waals surface area contributed by atoms with Gasteiger partial charge in [-0.1, -0.05) is 13.8 Å². The summed E-state index contributed by atoms with van der Waals surface area (Å²) in [5, 5.41) is 9.21. The normalized spacial score (nSPS) is 13.5. The molecule has 1 heterocycles. The first-order valence-electron chi connectivity index (χ1n) is 7.45. The van der Waals surface area contributed by atoms with Gasteiger partial charge in [-0.25, -0.2) is 13.2 Å². The van der Waals surface area contributed by atoms with Crippen LogP contribution in [0.5, 0.6) is 0 Å². The zero-order valence-corrected chi connectivity index (χ0v) is 14.8. The average molecular weight is 355 g/mol. The molecule has 0 fully saturated rings. The Bertz CT molecular complexity index is 940. The molecule has 0 radical (unpaired) electrons. The van der Waals surface area contributed by atoms with Crippen molar-refractivity contribution in [3.05, 3.63) is 28.7 Å². The second kappa shape index (κ2) is 6.40. The van der Waals surface area contributed by atoms with E-state index in [2.05, 4.69) is 4.72 Å². The summed E-state index contributed by atoms with van der Waals surface area (Å²) >= 11 is 0. The maximum Gasteiger partial charge on any atom is 0.328 e. The molecule has 0 aliphatic rings. The number of aliphatic carboxylic acids is 1. The molecule has 0 saturated carbocycles. The van der Waals surface area contributed by atoms with Gasteiger partial charge in [0.05, 0.1) is 15.9 Å². The molecule has 9 heteroatoms. The third-order valence-corrected chi connectivity index (χ3v) is 5.33. The molecule has 0 saturated heterocycles. The molecular formula is C15H21N3O5S. The number of sulfonamides is 1. The highest BCUT2D eigenvalue weighted by Crippen LogP contribution is 2.18. The van der Waals surface area contributed by atoms with E-state index in [-0.39, 0.29) is 22.9 Å². The first-order valence-corrected chi connectivity index (χ1v) is 8.93. The van der Waals surface area contributed by atoms with Gasteiger partial charge >= 0.3 is 11.7 Å². The highest BCUT2D eigenvalue weighted by molar-refractivity contribution is 7.89. The van der Waals surface area contributed by atoms with E-state index in [9.17, 15) is 23.1 Å². The smallest absolute Gasteiger partial charge is 0.328 e. The Hall–Kier alpha value is -2.13. The Morgan fingerprint density at radius 3 is 2.33 bits per heavy atom. The molecule has 2 rings (SSSR count). The van der Waals surface area contributed by atoms with Crippen molar-refractivity contribution in [3.8, 4) is 0 Å². The van der Waals surface area contributed by atoms with Gasteiger partial charge in [0, 0.05) is 14.1 Å². The van der Waals surface area contributed by atoms with Crippen LogP contribution in [0.2, 0.25) is 0 Å². The minimum Gasteiger partial charge on any atom is -0.480 e. The Labute approximate surface area is 139 Å². The third kappa shape index (κ3) is 3.36. The van der Waals surface area contributed by atoms with Crippen molar-refractivity contribution in [1.29, 1.82) is 0 Å². The monoisotopic (exact) mass is 355 g/mol. The highest BCUT2D eigenvalue weighted by atomic mass is 32.2. The van der Waals surface area contributed by atoms with Crippen molar-refractivity contribution in [2.75, 3.05) is 0 Å². The van der Waals surface area contributed by atoms with Gasteiger partial charge in [0.25, 0.3) is 0 Å². The molecule has 0 bridgehead atoms. The van der Waals surface area contributed by atoms with Crippen LogP contribution < -0.4 is 10.4 Å². The number of rotatable bonds is 6. The van der Waals surface area contributed by atoms with Gasteiger partial charge in [0.15, 0.2) is 0 Å². The number of carboxylic acids is 1. The van der Waals surface area contributed by atoms with Crippen LogP contribution in [0.4, 0.5) is 0 Å². The minimum atomic E-state index is -4.02. The van der Waals surface area contributed by atoms with Crippen molar-refractivity contribution in [1.82, 2.24) is 13.9 Å². The topological polar surface area (TPSA) is 110 Å². The Kier molecular flexibility index (Phi) is 4.86. The van der Waals surface area contributed by atoms with E-state index < -0.39 is 22.0 Å². The lowest BCUT2D eigenvalue weighted by atomic mass is 10.1.